The lowest BCUT2D eigenvalue weighted by Gasteiger charge is -2.33. The number of benzene rings is 2. The van der Waals surface area contributed by atoms with E-state index in [0.717, 1.165) is 72.6 Å². The van der Waals surface area contributed by atoms with Crippen LogP contribution < -0.4 is 10.6 Å². The molecule has 1 unspecified atom stereocenters. The van der Waals surface area contributed by atoms with Gasteiger partial charge in [0.2, 0.25) is 0 Å². The van der Waals surface area contributed by atoms with E-state index in [4.69, 9.17) is 0 Å². The molecule has 0 amide bonds. The second-order valence-electron chi connectivity index (χ2n) is 11.6. The molecule has 210 valence electrons. The molecule has 1 atom stereocenters. The highest BCUT2D eigenvalue weighted by Gasteiger charge is 2.30. The molecule has 0 bridgehead atoms. The summed E-state index contributed by atoms with van der Waals surface area (Å²) in [5.41, 5.74) is 6.14. The van der Waals surface area contributed by atoms with E-state index in [1.54, 1.807) is 6.92 Å². The number of hydrogen-bond donors (Lipinski definition) is 3. The van der Waals surface area contributed by atoms with Crippen LogP contribution in [0.15, 0.2) is 72.4 Å². The number of fused-ring (bicyclic) bond motifs is 1. The van der Waals surface area contributed by atoms with Crippen LogP contribution in [0.4, 0.5) is 15.8 Å². The number of aliphatic hydroxyl groups excluding tert-OH is 1. The van der Waals surface area contributed by atoms with E-state index >= 15 is 4.39 Å². The molecule has 39 heavy (non-hydrogen) atoms. The summed E-state index contributed by atoms with van der Waals surface area (Å²) < 4.78 is 15.3. The molecular formula is C34H46FN3O. The average molecular weight is 532 g/mol. The lowest BCUT2D eigenvalue weighted by atomic mass is 9.79. The molecule has 1 aliphatic carbocycles. The smallest absolute Gasteiger partial charge is 0.141 e. The monoisotopic (exact) mass is 531 g/mol. The number of anilines is 2. The van der Waals surface area contributed by atoms with Gasteiger partial charge in [0.25, 0.3) is 0 Å². The largest absolute Gasteiger partial charge is 0.512 e. The lowest BCUT2D eigenvalue weighted by Crippen LogP contribution is -2.32. The number of alkyl halides is 1. The van der Waals surface area contributed by atoms with Crippen molar-refractivity contribution in [1.29, 1.82) is 0 Å². The van der Waals surface area contributed by atoms with Crippen LogP contribution >= 0.6 is 0 Å². The van der Waals surface area contributed by atoms with Crippen molar-refractivity contribution in [1.82, 2.24) is 4.90 Å². The molecular weight excluding hydrogens is 485 g/mol. The molecule has 1 saturated carbocycles. The van der Waals surface area contributed by atoms with Gasteiger partial charge >= 0.3 is 0 Å². The van der Waals surface area contributed by atoms with E-state index < -0.39 is 5.67 Å². The van der Waals surface area contributed by atoms with Gasteiger partial charge in [-0.15, -0.1) is 0 Å². The highest BCUT2D eigenvalue weighted by atomic mass is 19.1. The van der Waals surface area contributed by atoms with E-state index in [9.17, 15) is 5.11 Å². The third-order valence-corrected chi connectivity index (χ3v) is 8.37. The molecule has 4 rings (SSSR count). The summed E-state index contributed by atoms with van der Waals surface area (Å²) >= 11 is 0. The van der Waals surface area contributed by atoms with Gasteiger partial charge in [-0.2, -0.15) is 0 Å². The van der Waals surface area contributed by atoms with Crippen LogP contribution in [0.1, 0.15) is 89.8 Å². The minimum atomic E-state index is -1.34. The van der Waals surface area contributed by atoms with E-state index in [1.165, 1.54) is 30.4 Å². The van der Waals surface area contributed by atoms with Gasteiger partial charge in [0.1, 0.15) is 17.8 Å². The fraction of sp³-hybridized carbons (Fsp3) is 0.471. The maximum atomic E-state index is 15.3. The van der Waals surface area contributed by atoms with Crippen molar-refractivity contribution < 1.29 is 9.50 Å². The molecule has 0 spiro atoms. The topological polar surface area (TPSA) is 47.5 Å². The highest BCUT2D eigenvalue weighted by molar-refractivity contribution is 5.72. The fourth-order valence-corrected chi connectivity index (χ4v) is 5.33. The van der Waals surface area contributed by atoms with E-state index in [1.807, 2.05) is 26.0 Å². The van der Waals surface area contributed by atoms with Gasteiger partial charge in [-0.1, -0.05) is 83.4 Å². The Balaban J connectivity index is 1.60. The second kappa shape index (κ2) is 12.8. The predicted molar refractivity (Wildman–Crippen MR) is 163 cm³/mol. The molecule has 1 heterocycles. The Labute approximate surface area is 234 Å². The summed E-state index contributed by atoms with van der Waals surface area (Å²) in [4.78, 5) is 2.16. The van der Waals surface area contributed by atoms with Crippen LogP contribution in [0.25, 0.3) is 5.57 Å². The molecule has 5 heteroatoms. The van der Waals surface area contributed by atoms with Gasteiger partial charge in [0.15, 0.2) is 0 Å². The minimum absolute atomic E-state index is 0.0820. The zero-order valence-electron chi connectivity index (χ0n) is 24.4. The Morgan fingerprint density at radius 2 is 1.92 bits per heavy atom. The number of allylic oxidation sites excluding steroid dienone is 3. The predicted octanol–water partition coefficient (Wildman–Crippen LogP) is 9.50. The Morgan fingerprint density at radius 3 is 2.51 bits per heavy atom. The van der Waals surface area contributed by atoms with Crippen molar-refractivity contribution in [2.45, 2.75) is 85.4 Å². The van der Waals surface area contributed by atoms with Crippen molar-refractivity contribution in [3.63, 3.8) is 0 Å². The lowest BCUT2D eigenvalue weighted by molar-refractivity contribution is 0.123. The molecule has 0 aromatic heterocycles. The highest BCUT2D eigenvalue weighted by Crippen LogP contribution is 2.38. The van der Waals surface area contributed by atoms with Crippen molar-refractivity contribution in [3.05, 3.63) is 89.1 Å². The van der Waals surface area contributed by atoms with Crippen molar-refractivity contribution >= 4 is 16.9 Å². The first-order chi connectivity index (χ1) is 18.7. The molecule has 0 radical (unpaired) electrons. The molecule has 2 aliphatic rings. The van der Waals surface area contributed by atoms with Crippen LogP contribution in [0, 0.1) is 11.8 Å². The van der Waals surface area contributed by atoms with E-state index in [2.05, 4.69) is 71.9 Å². The fourth-order valence-electron chi connectivity index (χ4n) is 5.33. The number of nitrogens with zero attached hydrogens (tertiary/aromatic N) is 1. The Morgan fingerprint density at radius 1 is 1.18 bits per heavy atom. The summed E-state index contributed by atoms with van der Waals surface area (Å²) in [5, 5.41) is 16.8. The van der Waals surface area contributed by atoms with Crippen LogP contribution in [-0.2, 0) is 12.2 Å². The van der Waals surface area contributed by atoms with Crippen LogP contribution in [0.2, 0.25) is 0 Å². The summed E-state index contributed by atoms with van der Waals surface area (Å²) in [7, 11) is 0. The van der Waals surface area contributed by atoms with E-state index in [0.29, 0.717) is 5.92 Å². The first kappa shape index (κ1) is 28.8. The number of aliphatic hydroxyl groups is 1. The molecule has 2 aromatic carbocycles. The molecule has 1 aliphatic heterocycles. The van der Waals surface area contributed by atoms with Gasteiger partial charge in [-0.25, -0.2) is 4.39 Å². The molecule has 4 nitrogen and oxygen atoms in total. The third kappa shape index (κ3) is 6.87. The number of nitrogens with one attached hydrogen (secondary N) is 2. The van der Waals surface area contributed by atoms with Crippen molar-refractivity contribution in [2.75, 3.05) is 17.2 Å². The van der Waals surface area contributed by atoms with Gasteiger partial charge < -0.3 is 20.6 Å². The van der Waals surface area contributed by atoms with Gasteiger partial charge in [0.05, 0.1) is 0 Å². The first-order valence-electron chi connectivity index (χ1n) is 14.7. The Kier molecular flexibility index (Phi) is 9.42. The van der Waals surface area contributed by atoms with Crippen molar-refractivity contribution in [2.24, 2.45) is 11.8 Å². The third-order valence-electron chi connectivity index (χ3n) is 8.37. The van der Waals surface area contributed by atoms with E-state index in [-0.39, 0.29) is 5.92 Å². The number of hydrogen-bond acceptors (Lipinski definition) is 4. The molecule has 3 N–H and O–H groups in total. The second-order valence-corrected chi connectivity index (χ2v) is 11.6. The summed E-state index contributed by atoms with van der Waals surface area (Å²) in [5.74, 6) is 1.36. The number of rotatable bonds is 11. The average Bonchev–Trinajstić information content (AvgIpc) is 2.90. The standard InChI is InChI=1S/C34H46FN3O/c1-6-9-30(36-31-17-14-27-22-38(18-7-2)33(23-39)37-32(27)21-31)20-28(19-25-10-8-11-25)26-12-15-29(16-13-26)34(5,35)24(3)4/h9,12-17,20-21,23-25,36-37,39H,6-8,10-11,18-19,22H2,1-5H3/b28-20+,30-9-,33-23?. The van der Waals surface area contributed by atoms with Gasteiger partial charge in [0, 0.05) is 30.2 Å². The summed E-state index contributed by atoms with van der Waals surface area (Å²) in [6, 6.07) is 14.5. The van der Waals surface area contributed by atoms with Crippen LogP contribution in [-0.4, -0.2) is 16.6 Å². The summed E-state index contributed by atoms with van der Waals surface area (Å²) in [6.45, 7) is 11.5. The zero-order valence-corrected chi connectivity index (χ0v) is 24.4. The SMILES string of the molecule is CC/C=C(/C=C(\CC1CCC1)c1ccc(C(C)(F)C(C)C)cc1)Nc1ccc2c(c1)NC(=CO)N(CCC)C2. The Bertz CT molecular complexity index is 1210. The first-order valence-corrected chi connectivity index (χ1v) is 14.7. The van der Waals surface area contributed by atoms with Crippen molar-refractivity contribution in [3.8, 4) is 0 Å². The van der Waals surface area contributed by atoms with Gasteiger partial charge in [-0.05, 0) is 78.5 Å². The normalized spacial score (nSPS) is 18.9. The zero-order chi connectivity index (χ0) is 28.0. The van der Waals surface area contributed by atoms with Crippen LogP contribution in [0.5, 0.6) is 0 Å². The maximum absolute atomic E-state index is 15.3. The Hall–Kier alpha value is -3.21. The summed E-state index contributed by atoms with van der Waals surface area (Å²) in [6.07, 6.45) is 12.5. The molecule has 1 fully saturated rings. The number of halogens is 1. The minimum Gasteiger partial charge on any atom is -0.512 e. The molecule has 0 saturated heterocycles. The van der Waals surface area contributed by atoms with Crippen LogP contribution in [0.3, 0.4) is 0 Å². The molecule has 2 aromatic rings. The maximum Gasteiger partial charge on any atom is 0.141 e. The van der Waals surface area contributed by atoms with Gasteiger partial charge in [-0.3, -0.25) is 0 Å². The quantitative estimate of drug-likeness (QED) is 0.200.